The summed E-state index contributed by atoms with van der Waals surface area (Å²) in [6.07, 6.45) is 0. The smallest absolute Gasteiger partial charge is 0.0661 e. The van der Waals surface area contributed by atoms with E-state index >= 15 is 0 Å². The maximum absolute atomic E-state index is 5.08. The Bertz CT molecular complexity index is 296. The van der Waals surface area contributed by atoms with Gasteiger partial charge in [-0.3, -0.25) is 0 Å². The molecule has 2 heteroatoms. The van der Waals surface area contributed by atoms with E-state index in [0.717, 1.165) is 6.61 Å². The molecule has 1 N–H and O–H groups in total. The van der Waals surface area contributed by atoms with Crippen LogP contribution >= 0.6 is 0 Å². The molecule has 0 aromatic heterocycles. The number of rotatable bonds is 4. The van der Waals surface area contributed by atoms with E-state index in [4.69, 9.17) is 4.74 Å². The van der Waals surface area contributed by atoms with Crippen LogP contribution in [0.3, 0.4) is 0 Å². The summed E-state index contributed by atoms with van der Waals surface area (Å²) in [6, 6.07) is 6.78. The van der Waals surface area contributed by atoms with Crippen molar-refractivity contribution in [2.24, 2.45) is 0 Å². The summed E-state index contributed by atoms with van der Waals surface area (Å²) in [6.45, 7) is 7.06. The third kappa shape index (κ3) is 3.04. The van der Waals surface area contributed by atoms with Crippen LogP contribution in [0, 0.1) is 13.8 Å². The van der Waals surface area contributed by atoms with Crippen LogP contribution < -0.4 is 5.32 Å². The van der Waals surface area contributed by atoms with Crippen LogP contribution in [0.5, 0.6) is 0 Å². The fraction of sp³-hybridized carbons (Fsp3) is 0.500. The van der Waals surface area contributed by atoms with Crippen molar-refractivity contribution in [2.45, 2.75) is 26.8 Å². The van der Waals surface area contributed by atoms with Gasteiger partial charge in [0, 0.05) is 18.8 Å². The Morgan fingerprint density at radius 1 is 1.36 bits per heavy atom. The van der Waals surface area contributed by atoms with Crippen LogP contribution in [-0.2, 0) is 4.74 Å². The lowest BCUT2D eigenvalue weighted by molar-refractivity contribution is 0.190. The van der Waals surface area contributed by atoms with Crippen LogP contribution in [0.15, 0.2) is 18.2 Å². The van der Waals surface area contributed by atoms with Crippen molar-refractivity contribution in [2.75, 3.05) is 19.0 Å². The summed E-state index contributed by atoms with van der Waals surface area (Å²) in [5.74, 6) is 0. The number of hydrogen-bond acceptors (Lipinski definition) is 2. The predicted octanol–water partition coefficient (Wildman–Crippen LogP) is 2.75. The van der Waals surface area contributed by atoms with Gasteiger partial charge in [-0.05, 0) is 38.0 Å². The molecule has 1 atom stereocenters. The van der Waals surface area contributed by atoms with E-state index in [9.17, 15) is 0 Å². The highest BCUT2D eigenvalue weighted by atomic mass is 16.5. The van der Waals surface area contributed by atoms with E-state index in [2.05, 4.69) is 44.3 Å². The lowest BCUT2D eigenvalue weighted by atomic mass is 10.1. The Balaban J connectivity index is 2.70. The van der Waals surface area contributed by atoms with Crippen molar-refractivity contribution in [1.29, 1.82) is 0 Å². The molecule has 0 fully saturated rings. The first-order valence-electron chi connectivity index (χ1n) is 4.96. The minimum atomic E-state index is 0.348. The van der Waals surface area contributed by atoms with Gasteiger partial charge < -0.3 is 10.1 Å². The molecule has 0 heterocycles. The maximum Gasteiger partial charge on any atom is 0.0661 e. The zero-order valence-corrected chi connectivity index (χ0v) is 9.42. The molecule has 14 heavy (non-hydrogen) atoms. The molecule has 0 spiro atoms. The average Bonchev–Trinajstić information content (AvgIpc) is 2.12. The van der Waals surface area contributed by atoms with E-state index in [1.165, 1.54) is 16.8 Å². The van der Waals surface area contributed by atoms with Gasteiger partial charge in [0.1, 0.15) is 0 Å². The minimum Gasteiger partial charge on any atom is -0.383 e. The highest BCUT2D eigenvalue weighted by molar-refractivity contribution is 5.53. The first-order chi connectivity index (χ1) is 6.63. The fourth-order valence-corrected chi connectivity index (χ4v) is 1.45. The summed E-state index contributed by atoms with van der Waals surface area (Å²) >= 11 is 0. The van der Waals surface area contributed by atoms with Gasteiger partial charge in [0.05, 0.1) is 6.61 Å². The summed E-state index contributed by atoms with van der Waals surface area (Å²) in [5, 5.41) is 3.43. The van der Waals surface area contributed by atoms with Crippen LogP contribution in [0.1, 0.15) is 18.1 Å². The summed E-state index contributed by atoms with van der Waals surface area (Å²) in [7, 11) is 1.72. The van der Waals surface area contributed by atoms with Crippen LogP contribution in [0.4, 0.5) is 5.69 Å². The Morgan fingerprint density at radius 2 is 2.07 bits per heavy atom. The highest BCUT2D eigenvalue weighted by Crippen LogP contribution is 2.17. The average molecular weight is 193 g/mol. The second-order valence-electron chi connectivity index (χ2n) is 3.82. The number of methoxy groups -OCH3 is 1. The lowest BCUT2D eigenvalue weighted by Gasteiger charge is -2.16. The molecule has 1 rings (SSSR count). The van der Waals surface area contributed by atoms with Crippen molar-refractivity contribution >= 4 is 5.69 Å². The van der Waals surface area contributed by atoms with Gasteiger partial charge in [0.25, 0.3) is 0 Å². The molecule has 0 amide bonds. The molecule has 0 aliphatic rings. The van der Waals surface area contributed by atoms with Crippen LogP contribution in [-0.4, -0.2) is 19.8 Å². The van der Waals surface area contributed by atoms with Crippen molar-refractivity contribution in [3.05, 3.63) is 29.3 Å². The van der Waals surface area contributed by atoms with E-state index in [-0.39, 0.29) is 0 Å². The highest BCUT2D eigenvalue weighted by Gasteiger charge is 2.03. The number of hydrogen-bond donors (Lipinski definition) is 1. The molecule has 1 aromatic carbocycles. The van der Waals surface area contributed by atoms with Gasteiger partial charge in [0.15, 0.2) is 0 Å². The zero-order chi connectivity index (χ0) is 10.6. The third-order valence-electron chi connectivity index (χ3n) is 2.21. The van der Waals surface area contributed by atoms with Gasteiger partial charge in [-0.15, -0.1) is 0 Å². The van der Waals surface area contributed by atoms with E-state index < -0.39 is 0 Å². The number of nitrogens with one attached hydrogen (secondary N) is 1. The number of aryl methyl sites for hydroxylation is 2. The first kappa shape index (κ1) is 11.1. The lowest BCUT2D eigenvalue weighted by Crippen LogP contribution is -2.21. The number of benzene rings is 1. The summed E-state index contributed by atoms with van der Waals surface area (Å²) in [5.41, 5.74) is 3.76. The van der Waals surface area contributed by atoms with E-state index in [1.54, 1.807) is 7.11 Å². The largest absolute Gasteiger partial charge is 0.383 e. The van der Waals surface area contributed by atoms with E-state index in [1.807, 2.05) is 0 Å². The molecule has 0 saturated heterocycles. The predicted molar refractivity (Wildman–Crippen MR) is 60.9 cm³/mol. The fourth-order valence-electron chi connectivity index (χ4n) is 1.45. The van der Waals surface area contributed by atoms with Crippen molar-refractivity contribution in [3.8, 4) is 0 Å². The Labute approximate surface area is 86.3 Å². The monoisotopic (exact) mass is 193 g/mol. The molecular weight excluding hydrogens is 174 g/mol. The minimum absolute atomic E-state index is 0.348. The van der Waals surface area contributed by atoms with Crippen LogP contribution in [0.2, 0.25) is 0 Å². The van der Waals surface area contributed by atoms with Crippen molar-refractivity contribution in [1.82, 2.24) is 0 Å². The molecule has 0 aliphatic heterocycles. The molecule has 78 valence electrons. The Hall–Kier alpha value is -1.02. The molecule has 1 unspecified atom stereocenters. The Kier molecular flexibility index (Phi) is 3.96. The normalized spacial score (nSPS) is 12.6. The molecule has 0 bridgehead atoms. The number of ether oxygens (including phenoxy) is 1. The first-order valence-corrected chi connectivity index (χ1v) is 4.96. The second-order valence-corrected chi connectivity index (χ2v) is 3.82. The van der Waals surface area contributed by atoms with Gasteiger partial charge in [-0.2, -0.15) is 0 Å². The maximum atomic E-state index is 5.08. The van der Waals surface area contributed by atoms with Crippen LogP contribution in [0.25, 0.3) is 0 Å². The van der Waals surface area contributed by atoms with Gasteiger partial charge in [-0.1, -0.05) is 12.1 Å². The third-order valence-corrected chi connectivity index (χ3v) is 2.21. The van der Waals surface area contributed by atoms with Gasteiger partial charge >= 0.3 is 0 Å². The zero-order valence-electron chi connectivity index (χ0n) is 9.42. The summed E-state index contributed by atoms with van der Waals surface area (Å²) < 4.78 is 5.08. The summed E-state index contributed by atoms with van der Waals surface area (Å²) in [4.78, 5) is 0. The SMILES string of the molecule is COCC(C)Nc1cc(C)ccc1C. The van der Waals surface area contributed by atoms with E-state index in [0.29, 0.717) is 6.04 Å². The molecule has 1 aromatic rings. The molecular formula is C12H19NO. The Morgan fingerprint density at radius 3 is 2.71 bits per heavy atom. The standard InChI is InChI=1S/C12H19NO/c1-9-5-6-10(2)12(7-9)13-11(3)8-14-4/h5-7,11,13H,8H2,1-4H3. The quantitative estimate of drug-likeness (QED) is 0.794. The number of anilines is 1. The molecule has 0 saturated carbocycles. The van der Waals surface area contributed by atoms with Gasteiger partial charge in [-0.25, -0.2) is 0 Å². The molecule has 0 aliphatic carbocycles. The molecule has 2 nitrogen and oxygen atoms in total. The second kappa shape index (κ2) is 5.01. The van der Waals surface area contributed by atoms with Crippen molar-refractivity contribution < 1.29 is 4.74 Å². The molecule has 0 radical (unpaired) electrons. The van der Waals surface area contributed by atoms with Crippen molar-refractivity contribution in [3.63, 3.8) is 0 Å². The topological polar surface area (TPSA) is 21.3 Å². The van der Waals surface area contributed by atoms with Gasteiger partial charge in [0.2, 0.25) is 0 Å².